The van der Waals surface area contributed by atoms with Crippen LogP contribution in [0.5, 0.6) is 0 Å². The Morgan fingerprint density at radius 2 is 1.89 bits per heavy atom. The van der Waals surface area contributed by atoms with E-state index in [9.17, 15) is 27.2 Å². The maximum Gasteiger partial charge on any atom is 0.419 e. The van der Waals surface area contributed by atoms with E-state index in [4.69, 9.17) is 5.11 Å². The van der Waals surface area contributed by atoms with Gasteiger partial charge in [-0.1, -0.05) is 0 Å². The number of benzene rings is 1. The maximum atomic E-state index is 13.6. The Balaban J connectivity index is 1.54. The van der Waals surface area contributed by atoms with Gasteiger partial charge in [-0.25, -0.2) is 4.39 Å². The van der Waals surface area contributed by atoms with Gasteiger partial charge in [0.05, 0.1) is 12.1 Å². The van der Waals surface area contributed by atoms with Gasteiger partial charge in [0.1, 0.15) is 5.82 Å². The Morgan fingerprint density at radius 3 is 2.41 bits per heavy atom. The molecule has 0 aliphatic heterocycles. The molecule has 1 amide bonds. The number of hydrogen-bond acceptors (Lipinski definition) is 3. The molecular weight excluding hydrogens is 368 g/mol. The highest BCUT2D eigenvalue weighted by atomic mass is 19.4. The molecule has 0 atom stereocenters. The van der Waals surface area contributed by atoms with Crippen molar-refractivity contribution in [2.24, 2.45) is 5.92 Å². The van der Waals surface area contributed by atoms with E-state index in [0.29, 0.717) is 30.9 Å². The summed E-state index contributed by atoms with van der Waals surface area (Å²) in [6.07, 6.45) is -1.48. The summed E-state index contributed by atoms with van der Waals surface area (Å²) in [6.45, 7) is 0.674. The molecule has 0 spiro atoms. The van der Waals surface area contributed by atoms with Gasteiger partial charge in [0.25, 0.3) is 5.91 Å². The number of aliphatic carboxylic acids is 1. The third kappa shape index (κ3) is 4.97. The second-order valence-corrected chi connectivity index (χ2v) is 7.25. The van der Waals surface area contributed by atoms with Crippen LogP contribution in [0.3, 0.4) is 0 Å². The summed E-state index contributed by atoms with van der Waals surface area (Å²) >= 11 is 0. The van der Waals surface area contributed by atoms with Gasteiger partial charge in [-0.2, -0.15) is 13.2 Å². The fraction of sp³-hybridized carbons (Fsp3) is 0.556. The van der Waals surface area contributed by atoms with Gasteiger partial charge >= 0.3 is 12.1 Å². The van der Waals surface area contributed by atoms with Gasteiger partial charge in [-0.05, 0) is 49.8 Å². The minimum Gasteiger partial charge on any atom is -0.480 e. The van der Waals surface area contributed by atoms with Crippen molar-refractivity contribution < 1.29 is 32.3 Å². The van der Waals surface area contributed by atoms with E-state index in [1.54, 1.807) is 0 Å². The van der Waals surface area contributed by atoms with Gasteiger partial charge in [0.15, 0.2) is 0 Å². The van der Waals surface area contributed by atoms with E-state index in [2.05, 4.69) is 5.32 Å². The fourth-order valence-electron chi connectivity index (χ4n) is 3.31. The van der Waals surface area contributed by atoms with Gasteiger partial charge in [-0.15, -0.1) is 0 Å². The fourth-order valence-corrected chi connectivity index (χ4v) is 3.31. The average Bonchev–Trinajstić information content (AvgIpc) is 3.31. The summed E-state index contributed by atoms with van der Waals surface area (Å²) in [4.78, 5) is 25.0. The van der Waals surface area contributed by atoms with Crippen LogP contribution in [-0.2, 0) is 11.0 Å². The number of carboxylic acids is 1. The predicted molar refractivity (Wildman–Crippen MR) is 87.6 cm³/mol. The molecule has 0 bridgehead atoms. The number of nitrogens with zero attached hydrogens (tertiary/aromatic N) is 1. The number of alkyl halides is 3. The van der Waals surface area contributed by atoms with Crippen LogP contribution in [0.4, 0.5) is 17.6 Å². The highest BCUT2D eigenvalue weighted by molar-refractivity contribution is 5.94. The van der Waals surface area contributed by atoms with Crippen molar-refractivity contribution in [1.29, 1.82) is 0 Å². The van der Waals surface area contributed by atoms with Crippen molar-refractivity contribution in [1.82, 2.24) is 10.2 Å². The molecule has 2 aliphatic carbocycles. The number of carbonyl (C=O) groups excluding carboxylic acids is 1. The van der Waals surface area contributed by atoms with Crippen LogP contribution in [0, 0.1) is 11.7 Å². The first-order valence-electron chi connectivity index (χ1n) is 8.77. The van der Waals surface area contributed by atoms with E-state index < -0.39 is 29.4 Å². The van der Waals surface area contributed by atoms with E-state index >= 15 is 0 Å². The highest BCUT2D eigenvalue weighted by Gasteiger charge is 2.38. The summed E-state index contributed by atoms with van der Waals surface area (Å²) < 4.78 is 51.3. The molecule has 2 saturated carbocycles. The first-order chi connectivity index (χ1) is 12.6. The molecule has 0 aromatic heterocycles. The Kier molecular flexibility index (Phi) is 5.41. The van der Waals surface area contributed by atoms with E-state index in [1.165, 1.54) is 0 Å². The smallest absolute Gasteiger partial charge is 0.419 e. The SMILES string of the molecule is O=C(O)CN(CC1CC1)C1CC(NC(=O)c2ccc(C(F)(F)F)c(F)c2)C1. The van der Waals surface area contributed by atoms with Crippen LogP contribution >= 0.6 is 0 Å². The number of halogens is 4. The molecule has 9 heteroatoms. The molecule has 5 nitrogen and oxygen atoms in total. The third-order valence-corrected chi connectivity index (χ3v) is 5.03. The summed E-state index contributed by atoms with van der Waals surface area (Å²) in [6, 6.07) is 1.93. The Labute approximate surface area is 153 Å². The molecule has 0 heterocycles. The first kappa shape index (κ1) is 19.6. The predicted octanol–water partition coefficient (Wildman–Crippen LogP) is 2.90. The Morgan fingerprint density at radius 1 is 1.22 bits per heavy atom. The van der Waals surface area contributed by atoms with Crippen LogP contribution in [-0.4, -0.2) is 47.1 Å². The summed E-state index contributed by atoms with van der Waals surface area (Å²) in [7, 11) is 0. The minimum absolute atomic E-state index is 0.0497. The van der Waals surface area contributed by atoms with Crippen LogP contribution in [0.15, 0.2) is 18.2 Å². The lowest BCUT2D eigenvalue weighted by Gasteiger charge is -2.42. The molecule has 2 N–H and O–H groups in total. The number of rotatable bonds is 7. The van der Waals surface area contributed by atoms with Crippen LogP contribution in [0.1, 0.15) is 41.6 Å². The van der Waals surface area contributed by atoms with Gasteiger partial charge in [0, 0.05) is 24.2 Å². The summed E-state index contributed by atoms with van der Waals surface area (Å²) in [5.74, 6) is -2.49. The molecule has 1 aromatic rings. The van der Waals surface area contributed by atoms with E-state index in [1.807, 2.05) is 4.90 Å². The third-order valence-electron chi connectivity index (χ3n) is 5.03. The molecule has 0 unspecified atom stereocenters. The van der Waals surface area contributed by atoms with Crippen molar-refractivity contribution in [3.8, 4) is 0 Å². The van der Waals surface area contributed by atoms with Crippen LogP contribution in [0.2, 0.25) is 0 Å². The van der Waals surface area contributed by atoms with Gasteiger partial charge in [0.2, 0.25) is 0 Å². The van der Waals surface area contributed by atoms with Crippen molar-refractivity contribution in [3.63, 3.8) is 0 Å². The van der Waals surface area contributed by atoms with E-state index in [0.717, 1.165) is 25.5 Å². The van der Waals surface area contributed by atoms with E-state index in [-0.39, 0.29) is 24.2 Å². The lowest BCUT2D eigenvalue weighted by molar-refractivity contribution is -0.140. The van der Waals surface area contributed by atoms with Crippen molar-refractivity contribution in [3.05, 3.63) is 35.1 Å². The number of carboxylic acid groups (broad SMARTS) is 1. The van der Waals surface area contributed by atoms with Crippen molar-refractivity contribution in [2.75, 3.05) is 13.1 Å². The topological polar surface area (TPSA) is 69.6 Å². The first-order valence-corrected chi connectivity index (χ1v) is 8.77. The molecule has 27 heavy (non-hydrogen) atoms. The summed E-state index contributed by atoms with van der Waals surface area (Å²) in [5, 5.41) is 11.7. The number of hydrogen-bond donors (Lipinski definition) is 2. The second-order valence-electron chi connectivity index (χ2n) is 7.25. The Bertz CT molecular complexity index is 728. The molecule has 1 aromatic carbocycles. The normalized spacial score (nSPS) is 22.4. The highest BCUT2D eigenvalue weighted by Crippen LogP contribution is 2.34. The molecule has 2 fully saturated rings. The van der Waals surface area contributed by atoms with Crippen LogP contribution < -0.4 is 5.32 Å². The molecular formula is C18H20F4N2O3. The Hall–Kier alpha value is -2.16. The zero-order chi connectivity index (χ0) is 19.8. The molecule has 0 radical (unpaired) electrons. The standard InChI is InChI=1S/C18H20F4N2O3/c19-15-5-11(3-4-14(15)18(20,21)22)17(27)23-12-6-13(7-12)24(9-16(25)26)8-10-1-2-10/h3-5,10,12-13H,1-2,6-9H2,(H,23,27)(H,25,26). The zero-order valence-corrected chi connectivity index (χ0v) is 14.4. The van der Waals surface area contributed by atoms with Gasteiger partial charge < -0.3 is 10.4 Å². The molecule has 0 saturated heterocycles. The number of amides is 1. The quantitative estimate of drug-likeness (QED) is 0.705. The lowest BCUT2D eigenvalue weighted by atomic mass is 9.85. The second kappa shape index (κ2) is 7.46. The van der Waals surface area contributed by atoms with Crippen molar-refractivity contribution >= 4 is 11.9 Å². The molecule has 3 rings (SSSR count). The zero-order valence-electron chi connectivity index (χ0n) is 14.4. The van der Waals surface area contributed by atoms with Crippen molar-refractivity contribution in [2.45, 2.75) is 43.9 Å². The molecule has 148 valence electrons. The summed E-state index contributed by atoms with van der Waals surface area (Å²) in [5.41, 5.74) is -1.59. The average molecular weight is 388 g/mol. The number of nitrogens with one attached hydrogen (secondary N) is 1. The minimum atomic E-state index is -4.81. The monoisotopic (exact) mass is 388 g/mol. The molecule has 2 aliphatic rings. The largest absolute Gasteiger partial charge is 0.480 e. The number of carbonyl (C=O) groups is 2. The van der Waals surface area contributed by atoms with Gasteiger partial charge in [-0.3, -0.25) is 14.5 Å². The van der Waals surface area contributed by atoms with Crippen LogP contribution in [0.25, 0.3) is 0 Å². The lowest BCUT2D eigenvalue weighted by Crippen LogP contribution is -2.55. The maximum absolute atomic E-state index is 13.6.